The van der Waals surface area contributed by atoms with Crippen molar-refractivity contribution in [3.8, 4) is 17.2 Å². The van der Waals surface area contributed by atoms with E-state index in [1.165, 1.54) is 4.90 Å². The van der Waals surface area contributed by atoms with Gasteiger partial charge in [0, 0.05) is 19.0 Å². The summed E-state index contributed by atoms with van der Waals surface area (Å²) in [5.74, 6) is 0.564. The molecule has 0 bridgehead atoms. The summed E-state index contributed by atoms with van der Waals surface area (Å²) in [4.78, 5) is 38.1. The third-order valence-corrected chi connectivity index (χ3v) is 5.20. The maximum atomic E-state index is 13.0. The molecule has 2 amide bonds. The first-order valence-corrected chi connectivity index (χ1v) is 10.4. The second-order valence-electron chi connectivity index (χ2n) is 7.63. The molecular formula is C23H19N7O4. The van der Waals surface area contributed by atoms with Crippen molar-refractivity contribution in [2.75, 3.05) is 18.6 Å². The quantitative estimate of drug-likeness (QED) is 0.493. The van der Waals surface area contributed by atoms with E-state index in [4.69, 9.17) is 9.26 Å². The lowest BCUT2D eigenvalue weighted by molar-refractivity contribution is -0.112. The zero-order valence-corrected chi connectivity index (χ0v) is 18.3. The number of H-pyrrole nitrogens is 1. The van der Waals surface area contributed by atoms with Gasteiger partial charge in [-0.05, 0) is 30.7 Å². The predicted molar refractivity (Wildman–Crippen MR) is 121 cm³/mol. The van der Waals surface area contributed by atoms with Gasteiger partial charge in [-0.2, -0.15) is 4.98 Å². The number of carbonyl (C=O) groups is 2. The number of hydrogen-bond donors (Lipinski definition) is 1. The number of rotatable bonds is 4. The third kappa shape index (κ3) is 4.18. The van der Waals surface area contributed by atoms with Crippen molar-refractivity contribution in [1.29, 1.82) is 0 Å². The zero-order chi connectivity index (χ0) is 23.7. The van der Waals surface area contributed by atoms with Gasteiger partial charge in [-0.3, -0.25) is 9.59 Å². The molecule has 2 aromatic carbocycles. The van der Waals surface area contributed by atoms with Crippen LogP contribution in [0.5, 0.6) is 5.75 Å². The van der Waals surface area contributed by atoms with Crippen molar-refractivity contribution >= 4 is 23.2 Å². The number of aryl methyl sites for hydroxylation is 1. The number of aromatic amines is 1. The molecule has 0 saturated carbocycles. The van der Waals surface area contributed by atoms with Crippen molar-refractivity contribution in [1.82, 2.24) is 25.3 Å². The van der Waals surface area contributed by atoms with Crippen molar-refractivity contribution in [2.24, 2.45) is 4.99 Å². The minimum atomic E-state index is -0.708. The minimum absolute atomic E-state index is 0.0512. The summed E-state index contributed by atoms with van der Waals surface area (Å²) >= 11 is 0. The first-order valence-electron chi connectivity index (χ1n) is 10.4. The Bertz CT molecular complexity index is 1410. The molecule has 0 aliphatic carbocycles. The number of nitrogens with zero attached hydrogens (tertiary/aromatic N) is 6. The monoisotopic (exact) mass is 457 g/mol. The number of hydrogen-bond acceptors (Lipinski definition) is 8. The van der Waals surface area contributed by atoms with Gasteiger partial charge in [-0.1, -0.05) is 35.5 Å². The summed E-state index contributed by atoms with van der Waals surface area (Å²) in [5.41, 5.74) is 2.08. The molecule has 1 aliphatic rings. The number of nitrogens with one attached hydrogen (secondary N) is 1. The van der Waals surface area contributed by atoms with Gasteiger partial charge in [0.2, 0.25) is 5.82 Å². The minimum Gasteiger partial charge on any atom is -0.485 e. The largest absolute Gasteiger partial charge is 0.485 e. The number of amides is 2. The second kappa shape index (κ2) is 8.70. The first-order chi connectivity index (χ1) is 16.5. The van der Waals surface area contributed by atoms with Crippen LogP contribution in [0.1, 0.15) is 27.8 Å². The smallest absolute Gasteiger partial charge is 0.315 e. The number of aliphatic imine (C=N–C) groups is 1. The van der Waals surface area contributed by atoms with Gasteiger partial charge >= 0.3 is 5.91 Å². The van der Waals surface area contributed by atoms with Crippen LogP contribution in [0.15, 0.2) is 58.0 Å². The average Bonchev–Trinajstić information content (AvgIpc) is 3.48. The number of carbonyl (C=O) groups excluding carboxylic acids is 2. The number of anilines is 1. The molecule has 4 aromatic rings. The van der Waals surface area contributed by atoms with Crippen molar-refractivity contribution in [3.05, 3.63) is 71.6 Å². The number of ether oxygens (including phenoxy) is 1. The fraction of sp³-hybridized carbons (Fsp3) is 0.174. The van der Waals surface area contributed by atoms with Gasteiger partial charge in [0.05, 0.1) is 5.69 Å². The number of benzene rings is 2. The Morgan fingerprint density at radius 2 is 2.00 bits per heavy atom. The molecule has 0 unspecified atom stereocenters. The average molecular weight is 457 g/mol. The topological polar surface area (TPSA) is 139 Å². The van der Waals surface area contributed by atoms with E-state index in [9.17, 15) is 9.59 Å². The summed E-state index contributed by atoms with van der Waals surface area (Å²) in [6, 6.07) is 14.8. The Kier molecular flexibility index (Phi) is 5.42. The molecule has 11 nitrogen and oxygen atoms in total. The molecule has 5 rings (SSSR count). The van der Waals surface area contributed by atoms with Gasteiger partial charge in [0.15, 0.2) is 5.82 Å². The summed E-state index contributed by atoms with van der Waals surface area (Å²) in [6.45, 7) is 1.54. The van der Waals surface area contributed by atoms with Crippen LogP contribution in [0.3, 0.4) is 0 Å². The van der Waals surface area contributed by atoms with Crippen LogP contribution in [0.2, 0.25) is 0 Å². The molecule has 0 radical (unpaired) electrons. The first kappa shape index (κ1) is 21.2. The van der Waals surface area contributed by atoms with Crippen LogP contribution in [-0.4, -0.2) is 56.5 Å². The number of aromatic nitrogens is 5. The zero-order valence-electron chi connectivity index (χ0n) is 18.3. The highest BCUT2D eigenvalue weighted by Gasteiger charge is 2.28. The fourth-order valence-corrected chi connectivity index (χ4v) is 3.48. The molecule has 3 heterocycles. The SMILES string of the molecule is Cc1noc(-c2ccc3c(c2)N(C)C(=O)/C(=N/C(=O)c2nnc(Cc4ccccc4)[nH]2)CO3)n1. The van der Waals surface area contributed by atoms with Crippen molar-refractivity contribution in [2.45, 2.75) is 13.3 Å². The molecule has 0 atom stereocenters. The van der Waals surface area contributed by atoms with E-state index in [2.05, 4.69) is 30.3 Å². The van der Waals surface area contributed by atoms with E-state index in [-0.39, 0.29) is 18.1 Å². The molecule has 170 valence electrons. The van der Waals surface area contributed by atoms with Crippen molar-refractivity contribution < 1.29 is 18.8 Å². The van der Waals surface area contributed by atoms with Gasteiger partial charge in [-0.15, -0.1) is 10.2 Å². The third-order valence-electron chi connectivity index (χ3n) is 5.20. The highest BCUT2D eigenvalue weighted by atomic mass is 16.5. The second-order valence-corrected chi connectivity index (χ2v) is 7.63. The molecule has 1 aliphatic heterocycles. The summed E-state index contributed by atoms with van der Waals surface area (Å²) in [6.07, 6.45) is 0.486. The lowest BCUT2D eigenvalue weighted by atomic mass is 10.1. The Labute approximate surface area is 193 Å². The molecule has 11 heteroatoms. The van der Waals surface area contributed by atoms with Crippen LogP contribution in [0.4, 0.5) is 5.69 Å². The van der Waals surface area contributed by atoms with Crippen LogP contribution in [0, 0.1) is 6.92 Å². The predicted octanol–water partition coefficient (Wildman–Crippen LogP) is 2.39. The number of fused-ring (bicyclic) bond motifs is 1. The lowest BCUT2D eigenvalue weighted by Gasteiger charge is -2.16. The van der Waals surface area contributed by atoms with Crippen molar-refractivity contribution in [3.63, 3.8) is 0 Å². The fourth-order valence-electron chi connectivity index (χ4n) is 3.48. The van der Waals surface area contributed by atoms with E-state index in [1.807, 2.05) is 30.3 Å². The molecule has 34 heavy (non-hydrogen) atoms. The lowest BCUT2D eigenvalue weighted by Crippen LogP contribution is -2.34. The van der Waals surface area contributed by atoms with E-state index in [1.54, 1.807) is 32.2 Å². The van der Waals surface area contributed by atoms with E-state index in [0.29, 0.717) is 41.0 Å². The summed E-state index contributed by atoms with van der Waals surface area (Å²) in [5, 5.41) is 11.7. The van der Waals surface area contributed by atoms with E-state index >= 15 is 0 Å². The maximum absolute atomic E-state index is 13.0. The molecule has 0 spiro atoms. The van der Waals surface area contributed by atoms with E-state index in [0.717, 1.165) is 5.56 Å². The Hall–Kier alpha value is -4.67. The van der Waals surface area contributed by atoms with Crippen LogP contribution in [0.25, 0.3) is 11.5 Å². The van der Waals surface area contributed by atoms with Gasteiger partial charge in [0.25, 0.3) is 11.8 Å². The molecule has 2 aromatic heterocycles. The van der Waals surface area contributed by atoms with Gasteiger partial charge in [-0.25, -0.2) is 4.99 Å². The highest BCUT2D eigenvalue weighted by Crippen LogP contribution is 2.34. The van der Waals surface area contributed by atoms with Crippen LogP contribution >= 0.6 is 0 Å². The standard InChI is InChI=1S/C23H19N7O4/c1-13-24-22(34-29-13)15-8-9-18-17(11-15)30(2)23(32)16(12-33-18)25-21(31)20-26-19(27-28-20)10-14-6-4-3-5-7-14/h3-9,11H,10,12H2,1-2H3,(H,26,27,28)/b25-16+. The normalized spacial score (nSPS) is 14.6. The highest BCUT2D eigenvalue weighted by molar-refractivity contribution is 6.46. The molecule has 1 N–H and O–H groups in total. The Balaban J connectivity index is 1.36. The molecule has 0 saturated heterocycles. The molecule has 0 fully saturated rings. The summed E-state index contributed by atoms with van der Waals surface area (Å²) in [7, 11) is 1.57. The van der Waals surface area contributed by atoms with Crippen LogP contribution < -0.4 is 9.64 Å². The molecular weight excluding hydrogens is 438 g/mol. The van der Waals surface area contributed by atoms with Crippen LogP contribution in [-0.2, 0) is 11.2 Å². The maximum Gasteiger partial charge on any atom is 0.315 e. The Morgan fingerprint density at radius 3 is 2.76 bits per heavy atom. The summed E-state index contributed by atoms with van der Waals surface area (Å²) < 4.78 is 11.0. The van der Waals surface area contributed by atoms with Gasteiger partial charge < -0.3 is 19.1 Å². The van der Waals surface area contributed by atoms with Gasteiger partial charge in [0.1, 0.15) is 23.9 Å². The Morgan fingerprint density at radius 1 is 1.18 bits per heavy atom. The van der Waals surface area contributed by atoms with E-state index < -0.39 is 11.8 Å².